The highest BCUT2D eigenvalue weighted by Gasteiger charge is 2.14. The number of carbonyl (C=O) groups excluding carboxylic acids is 1. The Bertz CT molecular complexity index is 332. The van der Waals surface area contributed by atoms with E-state index in [0.717, 1.165) is 5.56 Å². The van der Waals surface area contributed by atoms with Crippen LogP contribution in [0, 0.1) is 4.91 Å². The second-order valence-electron chi connectivity index (χ2n) is 3.05. The van der Waals surface area contributed by atoms with E-state index >= 15 is 0 Å². The zero-order valence-corrected chi connectivity index (χ0v) is 7.93. The number of hydrogen-bond acceptors (Lipinski definition) is 4. The Morgan fingerprint density at radius 3 is 2.43 bits per heavy atom. The molecule has 1 aromatic carbocycles. The van der Waals surface area contributed by atoms with Gasteiger partial charge >= 0.3 is 0 Å². The molecule has 0 aliphatic heterocycles. The molecule has 0 spiro atoms. The molecule has 0 aliphatic carbocycles. The highest BCUT2D eigenvalue weighted by molar-refractivity contribution is 5.99. The van der Waals surface area contributed by atoms with Gasteiger partial charge < -0.3 is 5.73 Å². The van der Waals surface area contributed by atoms with Crippen LogP contribution < -0.4 is 5.73 Å². The first kappa shape index (κ1) is 10.5. The molecule has 0 fully saturated rings. The second kappa shape index (κ2) is 4.62. The van der Waals surface area contributed by atoms with Crippen LogP contribution in [0.5, 0.6) is 0 Å². The summed E-state index contributed by atoms with van der Waals surface area (Å²) >= 11 is 0. The van der Waals surface area contributed by atoms with Crippen molar-refractivity contribution in [3.05, 3.63) is 40.3 Å². The molecule has 4 heteroatoms. The van der Waals surface area contributed by atoms with Gasteiger partial charge in [-0.1, -0.05) is 29.4 Å². The maximum Gasteiger partial charge on any atom is 0.190 e. The Hall–Kier alpha value is -1.55. The van der Waals surface area contributed by atoms with E-state index in [-0.39, 0.29) is 5.78 Å². The summed E-state index contributed by atoms with van der Waals surface area (Å²) in [5, 5.41) is 2.68. The summed E-state index contributed by atoms with van der Waals surface area (Å²) in [6.45, 7) is 1.92. The van der Waals surface area contributed by atoms with Crippen LogP contribution in [-0.4, -0.2) is 11.8 Å². The lowest BCUT2D eigenvalue weighted by atomic mass is 10.0. The first-order chi connectivity index (χ1) is 6.69. The molecule has 0 aromatic heterocycles. The van der Waals surface area contributed by atoms with Gasteiger partial charge in [0.1, 0.15) is 0 Å². The standard InChI is InChI=1S/C10H12N2O2/c1-7(12-14)10(13)9-4-2-8(6-11)3-5-9/h2-5,7H,6,11H2,1H3. The van der Waals surface area contributed by atoms with Gasteiger partial charge in [0.05, 0.1) is 0 Å². The smallest absolute Gasteiger partial charge is 0.190 e. The zero-order chi connectivity index (χ0) is 10.6. The number of nitroso groups, excluding NO2 is 1. The third-order valence-corrected chi connectivity index (χ3v) is 2.01. The first-order valence-electron chi connectivity index (χ1n) is 4.34. The molecule has 1 aromatic rings. The van der Waals surface area contributed by atoms with E-state index in [1.807, 2.05) is 0 Å². The number of nitrogens with two attached hydrogens (primary N) is 1. The summed E-state index contributed by atoms with van der Waals surface area (Å²) in [4.78, 5) is 21.6. The van der Waals surface area contributed by atoms with Crippen molar-refractivity contribution in [2.45, 2.75) is 19.5 Å². The molecule has 14 heavy (non-hydrogen) atoms. The number of hydrogen-bond donors (Lipinski definition) is 1. The van der Waals surface area contributed by atoms with Crippen molar-refractivity contribution in [1.82, 2.24) is 0 Å². The van der Waals surface area contributed by atoms with E-state index in [1.54, 1.807) is 24.3 Å². The van der Waals surface area contributed by atoms with Crippen LogP contribution in [0.1, 0.15) is 22.8 Å². The fourth-order valence-electron chi connectivity index (χ4n) is 1.09. The van der Waals surface area contributed by atoms with Gasteiger partial charge in [-0.2, -0.15) is 4.91 Å². The molecule has 74 valence electrons. The Balaban J connectivity index is 2.86. The fourth-order valence-corrected chi connectivity index (χ4v) is 1.09. The van der Waals surface area contributed by atoms with E-state index in [4.69, 9.17) is 5.73 Å². The maximum absolute atomic E-state index is 11.5. The minimum Gasteiger partial charge on any atom is -0.326 e. The van der Waals surface area contributed by atoms with E-state index in [2.05, 4.69) is 5.18 Å². The van der Waals surface area contributed by atoms with Gasteiger partial charge in [-0.25, -0.2) is 0 Å². The number of benzene rings is 1. The van der Waals surface area contributed by atoms with Gasteiger partial charge in [0.25, 0.3) is 0 Å². The second-order valence-corrected chi connectivity index (χ2v) is 3.05. The number of Topliss-reactive ketones (excluding diaryl/α,β-unsaturated/α-hetero) is 1. The SMILES string of the molecule is CC(N=O)C(=O)c1ccc(CN)cc1. The average Bonchev–Trinajstić information content (AvgIpc) is 2.27. The van der Waals surface area contributed by atoms with Crippen LogP contribution in [0.4, 0.5) is 0 Å². The van der Waals surface area contributed by atoms with Crippen molar-refractivity contribution in [3.63, 3.8) is 0 Å². The highest BCUT2D eigenvalue weighted by Crippen LogP contribution is 2.08. The molecule has 0 radical (unpaired) electrons. The van der Waals surface area contributed by atoms with Crippen LogP contribution in [-0.2, 0) is 6.54 Å². The van der Waals surface area contributed by atoms with Crippen molar-refractivity contribution in [2.24, 2.45) is 10.9 Å². The molecule has 0 amide bonds. The summed E-state index contributed by atoms with van der Waals surface area (Å²) in [5.74, 6) is -0.261. The molecule has 0 aliphatic rings. The Morgan fingerprint density at radius 2 is 2.00 bits per heavy atom. The fraction of sp³-hybridized carbons (Fsp3) is 0.300. The van der Waals surface area contributed by atoms with Crippen LogP contribution in [0.15, 0.2) is 29.4 Å². The summed E-state index contributed by atoms with van der Waals surface area (Å²) < 4.78 is 0. The average molecular weight is 192 g/mol. The maximum atomic E-state index is 11.5. The third kappa shape index (κ3) is 2.23. The van der Waals surface area contributed by atoms with Crippen molar-refractivity contribution in [2.75, 3.05) is 0 Å². The number of ketones is 1. The zero-order valence-electron chi connectivity index (χ0n) is 7.93. The molecule has 1 atom stereocenters. The first-order valence-corrected chi connectivity index (χ1v) is 4.34. The molecule has 0 heterocycles. The van der Waals surface area contributed by atoms with Gasteiger partial charge in [-0.05, 0) is 12.5 Å². The molecular formula is C10H12N2O2. The largest absolute Gasteiger partial charge is 0.326 e. The topological polar surface area (TPSA) is 72.5 Å². The van der Waals surface area contributed by atoms with Gasteiger partial charge in [-0.3, -0.25) is 4.79 Å². The van der Waals surface area contributed by atoms with E-state index in [0.29, 0.717) is 12.1 Å². The van der Waals surface area contributed by atoms with Crippen molar-refractivity contribution >= 4 is 5.78 Å². The quantitative estimate of drug-likeness (QED) is 0.580. The normalized spacial score (nSPS) is 12.1. The van der Waals surface area contributed by atoms with E-state index in [1.165, 1.54) is 6.92 Å². The van der Waals surface area contributed by atoms with Gasteiger partial charge in [0, 0.05) is 12.1 Å². The Morgan fingerprint density at radius 1 is 1.43 bits per heavy atom. The van der Waals surface area contributed by atoms with Crippen LogP contribution in [0.2, 0.25) is 0 Å². The number of rotatable bonds is 4. The lowest BCUT2D eigenvalue weighted by Gasteiger charge is -2.02. The van der Waals surface area contributed by atoms with Crippen LogP contribution >= 0.6 is 0 Å². The molecule has 0 saturated heterocycles. The summed E-state index contributed by atoms with van der Waals surface area (Å²) in [7, 11) is 0. The van der Waals surface area contributed by atoms with Crippen LogP contribution in [0.25, 0.3) is 0 Å². The minimum atomic E-state index is -0.821. The summed E-state index contributed by atoms with van der Waals surface area (Å²) in [6, 6.07) is 6.03. The van der Waals surface area contributed by atoms with E-state index < -0.39 is 6.04 Å². The molecule has 1 rings (SSSR count). The highest BCUT2D eigenvalue weighted by atomic mass is 16.3. The van der Waals surface area contributed by atoms with Gasteiger partial charge in [-0.15, -0.1) is 0 Å². The van der Waals surface area contributed by atoms with Crippen molar-refractivity contribution < 1.29 is 4.79 Å². The van der Waals surface area contributed by atoms with Crippen LogP contribution in [0.3, 0.4) is 0 Å². The predicted octanol–water partition coefficient (Wildman–Crippen LogP) is 1.48. The lowest BCUT2D eigenvalue weighted by Crippen LogP contribution is -2.14. The van der Waals surface area contributed by atoms with Crippen molar-refractivity contribution in [1.29, 1.82) is 0 Å². The molecule has 1 unspecified atom stereocenters. The lowest BCUT2D eigenvalue weighted by molar-refractivity contribution is 0.0968. The predicted molar refractivity (Wildman–Crippen MR) is 53.9 cm³/mol. The monoisotopic (exact) mass is 192 g/mol. The summed E-state index contributed by atoms with van der Waals surface area (Å²) in [6.07, 6.45) is 0. The van der Waals surface area contributed by atoms with E-state index in [9.17, 15) is 9.70 Å². The summed E-state index contributed by atoms with van der Waals surface area (Å²) in [5.41, 5.74) is 6.86. The van der Waals surface area contributed by atoms with Gasteiger partial charge in [0.15, 0.2) is 11.8 Å². The number of nitrogens with zero attached hydrogens (tertiary/aromatic N) is 1. The minimum absolute atomic E-state index is 0.261. The molecular weight excluding hydrogens is 180 g/mol. The Kier molecular flexibility index (Phi) is 3.48. The third-order valence-electron chi connectivity index (χ3n) is 2.01. The molecule has 0 saturated carbocycles. The molecule has 4 nitrogen and oxygen atoms in total. The van der Waals surface area contributed by atoms with Crippen molar-refractivity contribution in [3.8, 4) is 0 Å². The van der Waals surface area contributed by atoms with Gasteiger partial charge in [0.2, 0.25) is 0 Å². The molecule has 0 bridgehead atoms. The molecule has 2 N–H and O–H groups in total. The Labute approximate surface area is 82.1 Å². The number of carbonyl (C=O) groups is 1.